The Morgan fingerprint density at radius 3 is 2.43 bits per heavy atom. The van der Waals surface area contributed by atoms with Gasteiger partial charge in [-0.05, 0) is 31.6 Å². The second-order valence-corrected chi connectivity index (χ2v) is 3.73. The average Bonchev–Trinajstić information content (AvgIpc) is 2.15. The monoisotopic (exact) mass is 194 g/mol. The molecular weight excluding hydrogens is 181 g/mol. The minimum absolute atomic E-state index is 0.208. The SMILES string of the molecule is [B]C([O-])=NCC1CCC(C(=O)O)CC1. The Morgan fingerprint density at radius 2 is 2.00 bits per heavy atom. The molecule has 1 aliphatic carbocycles. The first kappa shape index (κ1) is 11.1. The lowest BCUT2D eigenvalue weighted by Crippen LogP contribution is -2.24. The Labute approximate surface area is 84.5 Å². The molecule has 1 N–H and O–H groups in total. The number of carboxylic acids is 1. The first-order chi connectivity index (χ1) is 6.59. The third kappa shape index (κ3) is 3.40. The highest BCUT2D eigenvalue weighted by atomic mass is 16.4. The van der Waals surface area contributed by atoms with Gasteiger partial charge in [0.1, 0.15) is 7.85 Å². The Bertz CT molecular complexity index is 230. The van der Waals surface area contributed by atoms with Crippen LogP contribution >= 0.6 is 0 Å². The first-order valence-corrected chi connectivity index (χ1v) is 4.79. The number of carboxylic acid groups (broad SMARTS) is 1. The molecule has 4 nitrogen and oxygen atoms in total. The number of hydrogen-bond acceptors (Lipinski definition) is 3. The highest BCUT2D eigenvalue weighted by molar-refractivity contribution is 6.55. The van der Waals surface area contributed by atoms with Gasteiger partial charge < -0.3 is 15.2 Å². The molecule has 0 amide bonds. The number of carbonyl (C=O) groups is 1. The van der Waals surface area contributed by atoms with Crippen molar-refractivity contribution < 1.29 is 15.0 Å². The largest absolute Gasteiger partial charge is 0.870 e. The van der Waals surface area contributed by atoms with Crippen LogP contribution in [0.4, 0.5) is 0 Å². The molecule has 1 saturated carbocycles. The van der Waals surface area contributed by atoms with Gasteiger partial charge in [-0.3, -0.25) is 4.79 Å². The lowest BCUT2D eigenvalue weighted by molar-refractivity contribution is -0.207. The maximum atomic E-state index is 10.6. The molecular formula is C9H13BNO3-. The van der Waals surface area contributed by atoms with Crippen molar-refractivity contribution in [1.82, 2.24) is 0 Å². The molecule has 0 bridgehead atoms. The Balaban J connectivity index is 2.29. The van der Waals surface area contributed by atoms with E-state index < -0.39 is 11.8 Å². The van der Waals surface area contributed by atoms with Crippen LogP contribution in [0.3, 0.4) is 0 Å². The molecule has 1 fully saturated rings. The minimum Gasteiger partial charge on any atom is -0.870 e. The number of hydrogen-bond donors (Lipinski definition) is 1. The van der Waals surface area contributed by atoms with Crippen molar-refractivity contribution in [1.29, 1.82) is 0 Å². The summed E-state index contributed by atoms with van der Waals surface area (Å²) in [5.41, 5.74) is 0. The molecule has 0 aromatic carbocycles. The zero-order valence-electron chi connectivity index (χ0n) is 7.98. The van der Waals surface area contributed by atoms with Gasteiger partial charge in [0, 0.05) is 6.54 Å². The second kappa shape index (κ2) is 5.03. The topological polar surface area (TPSA) is 72.7 Å². The number of rotatable bonds is 3. The van der Waals surface area contributed by atoms with Crippen LogP contribution in [0.15, 0.2) is 4.99 Å². The van der Waals surface area contributed by atoms with Gasteiger partial charge in [0.15, 0.2) is 0 Å². The van der Waals surface area contributed by atoms with E-state index in [9.17, 15) is 9.90 Å². The standard InChI is InChI=1S/C9H14BNO3/c10-9(14)11-5-6-1-3-7(4-2-6)8(12)13/h6-7H,1-5H2,(H,11,14)(H,12,13)/p-1. The van der Waals surface area contributed by atoms with Crippen molar-refractivity contribution in [3.05, 3.63) is 0 Å². The van der Waals surface area contributed by atoms with Crippen LogP contribution in [0.2, 0.25) is 0 Å². The van der Waals surface area contributed by atoms with Crippen LogP contribution < -0.4 is 5.11 Å². The molecule has 1 rings (SSSR count). The fourth-order valence-corrected chi connectivity index (χ4v) is 1.81. The maximum absolute atomic E-state index is 10.6. The highest BCUT2D eigenvalue weighted by Crippen LogP contribution is 2.28. The average molecular weight is 194 g/mol. The van der Waals surface area contributed by atoms with Gasteiger partial charge in [0.2, 0.25) is 0 Å². The zero-order valence-corrected chi connectivity index (χ0v) is 7.98. The van der Waals surface area contributed by atoms with E-state index in [0.717, 1.165) is 12.8 Å². The van der Waals surface area contributed by atoms with E-state index in [1.165, 1.54) is 0 Å². The van der Waals surface area contributed by atoms with Crippen LogP contribution in [-0.2, 0) is 4.79 Å². The molecule has 2 radical (unpaired) electrons. The van der Waals surface area contributed by atoms with Crippen molar-refractivity contribution in [2.24, 2.45) is 16.8 Å². The van der Waals surface area contributed by atoms with Gasteiger partial charge in [0.25, 0.3) is 0 Å². The second-order valence-electron chi connectivity index (χ2n) is 3.73. The van der Waals surface area contributed by atoms with Gasteiger partial charge in [-0.2, -0.15) is 0 Å². The molecule has 0 spiro atoms. The first-order valence-electron chi connectivity index (χ1n) is 4.79. The predicted molar refractivity (Wildman–Crippen MR) is 51.1 cm³/mol. The van der Waals surface area contributed by atoms with Crippen molar-refractivity contribution in [3.8, 4) is 0 Å². The summed E-state index contributed by atoms with van der Waals surface area (Å²) >= 11 is 0. The fourth-order valence-electron chi connectivity index (χ4n) is 1.81. The van der Waals surface area contributed by atoms with Crippen molar-refractivity contribution in [3.63, 3.8) is 0 Å². The van der Waals surface area contributed by atoms with Gasteiger partial charge in [-0.1, -0.05) is 5.80 Å². The predicted octanol–water partition coefficient (Wildman–Crippen LogP) is -0.238. The van der Waals surface area contributed by atoms with E-state index in [4.69, 9.17) is 13.0 Å². The van der Waals surface area contributed by atoms with Crippen molar-refractivity contribution >= 4 is 19.6 Å². The van der Waals surface area contributed by atoms with Crippen molar-refractivity contribution in [2.45, 2.75) is 25.7 Å². The summed E-state index contributed by atoms with van der Waals surface area (Å²) < 4.78 is 0. The van der Waals surface area contributed by atoms with Crippen LogP contribution in [0, 0.1) is 11.8 Å². The van der Waals surface area contributed by atoms with Gasteiger partial charge >= 0.3 is 5.97 Å². The summed E-state index contributed by atoms with van der Waals surface area (Å²) in [4.78, 5) is 14.2. The molecule has 0 aromatic heterocycles. The van der Waals surface area contributed by atoms with Gasteiger partial charge in [0.05, 0.1) is 5.92 Å². The molecule has 0 atom stereocenters. The Hall–Kier alpha value is -0.995. The third-order valence-electron chi connectivity index (χ3n) is 2.70. The molecule has 14 heavy (non-hydrogen) atoms. The summed E-state index contributed by atoms with van der Waals surface area (Å²) in [5, 5.41) is 19.1. The molecule has 0 saturated heterocycles. The Kier molecular flexibility index (Phi) is 3.98. The van der Waals surface area contributed by atoms with Gasteiger partial charge in [-0.25, -0.2) is 0 Å². The Morgan fingerprint density at radius 1 is 1.43 bits per heavy atom. The van der Waals surface area contributed by atoms with Crippen LogP contribution in [0.1, 0.15) is 25.7 Å². The maximum Gasteiger partial charge on any atom is 0.306 e. The minimum atomic E-state index is -0.713. The third-order valence-corrected chi connectivity index (χ3v) is 2.70. The molecule has 0 aliphatic heterocycles. The van der Waals surface area contributed by atoms with Crippen molar-refractivity contribution in [2.75, 3.05) is 6.54 Å². The van der Waals surface area contributed by atoms with Gasteiger partial charge in [-0.15, -0.1) is 0 Å². The number of aliphatic carboxylic acids is 1. The summed E-state index contributed by atoms with van der Waals surface area (Å²) in [5.74, 6) is -1.22. The van der Waals surface area contributed by atoms with Crippen LogP contribution in [0.5, 0.6) is 0 Å². The summed E-state index contributed by atoms with van der Waals surface area (Å²) in [7, 11) is 4.89. The quantitative estimate of drug-likeness (QED) is 0.383. The smallest absolute Gasteiger partial charge is 0.306 e. The summed E-state index contributed by atoms with van der Waals surface area (Å²) in [6.07, 6.45) is 3.03. The van der Waals surface area contributed by atoms with E-state index in [0.29, 0.717) is 25.3 Å². The molecule has 76 valence electrons. The lowest BCUT2D eigenvalue weighted by atomic mass is 9.82. The van der Waals surface area contributed by atoms with E-state index in [1.807, 2.05) is 0 Å². The van der Waals surface area contributed by atoms with E-state index in [2.05, 4.69) is 4.99 Å². The normalized spacial score (nSPS) is 28.7. The van der Waals surface area contributed by atoms with Crippen LogP contribution in [-0.4, -0.2) is 31.3 Å². The lowest BCUT2D eigenvalue weighted by Gasteiger charge is -2.25. The molecule has 0 heterocycles. The van der Waals surface area contributed by atoms with Crippen LogP contribution in [0.25, 0.3) is 0 Å². The summed E-state index contributed by atoms with van der Waals surface area (Å²) in [6, 6.07) is 0. The summed E-state index contributed by atoms with van der Waals surface area (Å²) in [6.45, 7) is 0.446. The molecule has 1 aliphatic rings. The highest BCUT2D eigenvalue weighted by Gasteiger charge is 2.25. The molecule has 5 heteroatoms. The van der Waals surface area contributed by atoms with E-state index in [1.54, 1.807) is 0 Å². The number of aliphatic imine (C=N–C) groups is 1. The van der Waals surface area contributed by atoms with E-state index >= 15 is 0 Å². The number of nitrogens with zero attached hydrogens (tertiary/aromatic N) is 1. The fraction of sp³-hybridized carbons (Fsp3) is 0.778. The molecule has 0 aromatic rings. The zero-order chi connectivity index (χ0) is 10.6. The molecule has 0 unspecified atom stereocenters. The van der Waals surface area contributed by atoms with E-state index in [-0.39, 0.29) is 5.92 Å².